The lowest BCUT2D eigenvalue weighted by molar-refractivity contribution is 0.0648. The molecule has 1 saturated heterocycles. The molecule has 0 radical (unpaired) electrons. The van der Waals surface area contributed by atoms with Crippen LogP contribution in [0.1, 0.15) is 16.8 Å². The molecule has 7 nitrogen and oxygen atoms in total. The molecule has 1 aliphatic heterocycles. The summed E-state index contributed by atoms with van der Waals surface area (Å²) in [6.45, 7) is 0.450. The number of aromatic nitrogens is 3. The van der Waals surface area contributed by atoms with E-state index in [2.05, 4.69) is 10.1 Å². The summed E-state index contributed by atoms with van der Waals surface area (Å²) in [5, 5.41) is 13.7. The van der Waals surface area contributed by atoms with Gasteiger partial charge >= 0.3 is 0 Å². The van der Waals surface area contributed by atoms with Crippen LogP contribution < -0.4 is 0 Å². The lowest BCUT2D eigenvalue weighted by atomic mass is 10.1. The zero-order valence-corrected chi connectivity index (χ0v) is 13.2. The summed E-state index contributed by atoms with van der Waals surface area (Å²) in [7, 11) is 3.44. The number of hydrogen-bond donors (Lipinski definition) is 1. The molecule has 1 N–H and O–H groups in total. The van der Waals surface area contributed by atoms with Crippen LogP contribution in [-0.4, -0.2) is 63.1 Å². The summed E-state index contributed by atoms with van der Waals surface area (Å²) in [5.74, 6) is 0.532. The average Bonchev–Trinajstić information content (AvgIpc) is 3.20. The standard InChI is InChI=1S/C16H20N4O3/c1-19-10-17-15(18-19)11-3-5-12(6-4-11)16(22)20-8-14(23-2)7-13(20)9-21/h3-6,10,13-14,21H,7-9H2,1-2H3/t13-,14-/m0/s1. The maximum atomic E-state index is 12.7. The highest BCUT2D eigenvalue weighted by Crippen LogP contribution is 2.23. The Bertz CT molecular complexity index is 683. The van der Waals surface area contributed by atoms with Crippen molar-refractivity contribution in [3.05, 3.63) is 36.2 Å². The van der Waals surface area contributed by atoms with E-state index in [0.29, 0.717) is 24.4 Å². The Hall–Kier alpha value is -2.25. The van der Waals surface area contributed by atoms with E-state index >= 15 is 0 Å². The zero-order chi connectivity index (χ0) is 16.4. The quantitative estimate of drug-likeness (QED) is 0.898. The lowest BCUT2D eigenvalue weighted by Gasteiger charge is -2.22. The second kappa shape index (κ2) is 6.47. The van der Waals surface area contributed by atoms with Gasteiger partial charge in [-0.2, -0.15) is 5.10 Å². The smallest absolute Gasteiger partial charge is 0.254 e. The Labute approximate surface area is 134 Å². The van der Waals surface area contributed by atoms with E-state index in [1.807, 2.05) is 19.2 Å². The van der Waals surface area contributed by atoms with Gasteiger partial charge < -0.3 is 14.7 Å². The molecule has 1 aromatic heterocycles. The summed E-state index contributed by atoms with van der Waals surface area (Å²) < 4.78 is 6.95. The van der Waals surface area contributed by atoms with E-state index in [4.69, 9.17) is 4.74 Å². The molecule has 2 heterocycles. The highest BCUT2D eigenvalue weighted by atomic mass is 16.5. The highest BCUT2D eigenvalue weighted by Gasteiger charge is 2.35. The molecular weight excluding hydrogens is 296 g/mol. The maximum Gasteiger partial charge on any atom is 0.254 e. The number of amides is 1. The Kier molecular flexibility index (Phi) is 4.40. The number of benzene rings is 1. The van der Waals surface area contributed by atoms with E-state index < -0.39 is 0 Å². The molecule has 2 aromatic rings. The van der Waals surface area contributed by atoms with Gasteiger partial charge in [-0.3, -0.25) is 9.48 Å². The van der Waals surface area contributed by atoms with Crippen molar-refractivity contribution in [1.82, 2.24) is 19.7 Å². The Morgan fingerprint density at radius 1 is 1.39 bits per heavy atom. The van der Waals surface area contributed by atoms with Crippen LogP contribution in [0.2, 0.25) is 0 Å². The molecule has 122 valence electrons. The minimum absolute atomic E-state index is 0.0203. The number of aliphatic hydroxyl groups is 1. The van der Waals surface area contributed by atoms with Gasteiger partial charge in [0.2, 0.25) is 0 Å². The number of nitrogens with zero attached hydrogens (tertiary/aromatic N) is 4. The minimum Gasteiger partial charge on any atom is -0.394 e. The summed E-state index contributed by atoms with van der Waals surface area (Å²) in [4.78, 5) is 18.5. The molecule has 0 bridgehead atoms. The molecule has 1 aliphatic rings. The molecule has 2 atom stereocenters. The molecule has 0 aliphatic carbocycles. The Balaban J connectivity index is 1.77. The van der Waals surface area contributed by atoms with Gasteiger partial charge in [-0.25, -0.2) is 4.98 Å². The second-order valence-corrected chi connectivity index (χ2v) is 5.71. The molecule has 0 spiro atoms. The number of carbonyl (C=O) groups is 1. The first kappa shape index (κ1) is 15.6. The fourth-order valence-electron chi connectivity index (χ4n) is 2.87. The van der Waals surface area contributed by atoms with Crippen LogP contribution in [0.15, 0.2) is 30.6 Å². The van der Waals surface area contributed by atoms with Crippen molar-refractivity contribution < 1.29 is 14.6 Å². The Morgan fingerprint density at radius 3 is 2.70 bits per heavy atom. The monoisotopic (exact) mass is 316 g/mol. The molecule has 1 amide bonds. The van der Waals surface area contributed by atoms with Gasteiger partial charge in [0.05, 0.1) is 18.8 Å². The number of hydrogen-bond acceptors (Lipinski definition) is 5. The zero-order valence-electron chi connectivity index (χ0n) is 13.2. The van der Waals surface area contributed by atoms with Gasteiger partial charge in [0.1, 0.15) is 6.33 Å². The molecule has 1 fully saturated rings. The first-order valence-electron chi connectivity index (χ1n) is 7.53. The van der Waals surface area contributed by atoms with E-state index in [0.717, 1.165) is 5.56 Å². The van der Waals surface area contributed by atoms with E-state index in [1.165, 1.54) is 0 Å². The number of aryl methyl sites for hydroxylation is 1. The predicted octanol–water partition coefficient (Wildman–Crippen LogP) is 0.704. The van der Waals surface area contributed by atoms with Crippen molar-refractivity contribution in [1.29, 1.82) is 0 Å². The predicted molar refractivity (Wildman–Crippen MR) is 83.8 cm³/mol. The summed E-state index contributed by atoms with van der Waals surface area (Å²) >= 11 is 0. The van der Waals surface area contributed by atoms with Gasteiger partial charge in [0.15, 0.2) is 5.82 Å². The fraction of sp³-hybridized carbons (Fsp3) is 0.438. The number of carbonyl (C=O) groups excluding carboxylic acids is 1. The lowest BCUT2D eigenvalue weighted by Crippen LogP contribution is -2.38. The number of ether oxygens (including phenoxy) is 1. The van der Waals surface area contributed by atoms with Gasteiger partial charge in [-0.15, -0.1) is 0 Å². The van der Waals surface area contributed by atoms with Crippen molar-refractivity contribution in [3.8, 4) is 11.4 Å². The molecule has 7 heteroatoms. The third kappa shape index (κ3) is 3.11. The molecular formula is C16H20N4O3. The van der Waals surface area contributed by atoms with Crippen LogP contribution in [0.3, 0.4) is 0 Å². The molecule has 0 unspecified atom stereocenters. The molecule has 3 rings (SSSR count). The van der Waals surface area contributed by atoms with Crippen molar-refractivity contribution in [2.75, 3.05) is 20.3 Å². The minimum atomic E-state index is -0.190. The van der Waals surface area contributed by atoms with Gasteiger partial charge in [-0.05, 0) is 18.6 Å². The summed E-state index contributed by atoms with van der Waals surface area (Å²) in [5.41, 5.74) is 1.44. The van der Waals surface area contributed by atoms with E-state index in [1.54, 1.807) is 35.2 Å². The van der Waals surface area contributed by atoms with Crippen molar-refractivity contribution in [3.63, 3.8) is 0 Å². The second-order valence-electron chi connectivity index (χ2n) is 5.71. The SMILES string of the molecule is CO[C@H]1C[C@@H](CO)N(C(=O)c2ccc(-c3ncn(C)n3)cc2)C1. The van der Waals surface area contributed by atoms with E-state index in [-0.39, 0.29) is 24.7 Å². The van der Waals surface area contributed by atoms with Crippen LogP contribution in [0, 0.1) is 0 Å². The molecule has 1 aromatic carbocycles. The average molecular weight is 316 g/mol. The molecule has 0 saturated carbocycles. The van der Waals surface area contributed by atoms with Crippen LogP contribution in [0.4, 0.5) is 0 Å². The summed E-state index contributed by atoms with van der Waals surface area (Å²) in [6.07, 6.45) is 2.28. The van der Waals surface area contributed by atoms with Crippen molar-refractivity contribution in [2.45, 2.75) is 18.6 Å². The summed E-state index contributed by atoms with van der Waals surface area (Å²) in [6, 6.07) is 7.01. The number of aliphatic hydroxyl groups excluding tert-OH is 1. The first-order valence-corrected chi connectivity index (χ1v) is 7.53. The van der Waals surface area contributed by atoms with Gasteiger partial charge in [0.25, 0.3) is 5.91 Å². The third-order valence-electron chi connectivity index (χ3n) is 4.17. The largest absolute Gasteiger partial charge is 0.394 e. The van der Waals surface area contributed by atoms with Gasteiger partial charge in [0, 0.05) is 31.8 Å². The number of rotatable bonds is 4. The first-order chi connectivity index (χ1) is 11.1. The van der Waals surface area contributed by atoms with Crippen LogP contribution >= 0.6 is 0 Å². The molecule has 23 heavy (non-hydrogen) atoms. The number of likely N-dealkylation sites (tertiary alicyclic amines) is 1. The maximum absolute atomic E-state index is 12.7. The van der Waals surface area contributed by atoms with Crippen LogP contribution in [0.5, 0.6) is 0 Å². The van der Waals surface area contributed by atoms with Crippen molar-refractivity contribution in [2.24, 2.45) is 7.05 Å². The van der Waals surface area contributed by atoms with Crippen LogP contribution in [-0.2, 0) is 11.8 Å². The number of methoxy groups -OCH3 is 1. The normalized spacial score (nSPS) is 20.9. The topological polar surface area (TPSA) is 80.5 Å². The van der Waals surface area contributed by atoms with Crippen LogP contribution in [0.25, 0.3) is 11.4 Å². The van der Waals surface area contributed by atoms with Gasteiger partial charge in [-0.1, -0.05) is 12.1 Å². The highest BCUT2D eigenvalue weighted by molar-refractivity contribution is 5.95. The van der Waals surface area contributed by atoms with Crippen molar-refractivity contribution >= 4 is 5.91 Å². The Morgan fingerprint density at radius 2 is 2.13 bits per heavy atom. The fourth-order valence-corrected chi connectivity index (χ4v) is 2.87. The third-order valence-corrected chi connectivity index (χ3v) is 4.17. The van der Waals surface area contributed by atoms with E-state index in [9.17, 15) is 9.90 Å².